The predicted octanol–water partition coefficient (Wildman–Crippen LogP) is 2.71. The molecular weight excluding hydrogens is 450 g/mol. The number of hydrogen-bond acceptors (Lipinski definition) is 5. The number of pyridine rings is 1. The minimum Gasteiger partial charge on any atom is -0.345 e. The van der Waals surface area contributed by atoms with Crippen molar-refractivity contribution in [2.24, 2.45) is 7.05 Å². The topological polar surface area (TPSA) is 78.8 Å². The fourth-order valence-corrected chi connectivity index (χ4v) is 6.54. The van der Waals surface area contributed by atoms with Gasteiger partial charge in [-0.2, -0.15) is 4.31 Å². The first-order valence-electron chi connectivity index (χ1n) is 11.9. The highest BCUT2D eigenvalue weighted by Gasteiger charge is 2.30. The Balaban J connectivity index is 1.24. The van der Waals surface area contributed by atoms with Crippen LogP contribution in [0.25, 0.3) is 10.9 Å². The lowest BCUT2D eigenvalue weighted by atomic mass is 10.1. The Morgan fingerprint density at radius 2 is 1.71 bits per heavy atom. The molecule has 5 rings (SSSR count). The average Bonchev–Trinajstić information content (AvgIpc) is 3.27. The second-order valence-electron chi connectivity index (χ2n) is 9.20. The van der Waals surface area contributed by atoms with Crippen molar-refractivity contribution in [3.63, 3.8) is 0 Å². The maximum Gasteiger partial charge on any atom is 0.270 e. The van der Waals surface area contributed by atoms with Crippen LogP contribution < -0.4 is 0 Å². The van der Waals surface area contributed by atoms with E-state index in [2.05, 4.69) is 34.1 Å². The van der Waals surface area contributed by atoms with Gasteiger partial charge in [-0.3, -0.25) is 14.7 Å². The Hall–Kier alpha value is -2.75. The van der Waals surface area contributed by atoms with E-state index < -0.39 is 10.0 Å². The van der Waals surface area contributed by atoms with Crippen LogP contribution in [0.4, 0.5) is 0 Å². The highest BCUT2D eigenvalue weighted by atomic mass is 32.2. The number of carbonyl (C=O) groups is 1. The molecule has 0 aliphatic carbocycles. The molecule has 0 N–H and O–H groups in total. The van der Waals surface area contributed by atoms with E-state index in [1.54, 1.807) is 28.2 Å². The molecule has 2 aliphatic heterocycles. The highest BCUT2D eigenvalue weighted by Crippen LogP contribution is 2.24. The lowest BCUT2D eigenvalue weighted by Crippen LogP contribution is -2.48. The van der Waals surface area contributed by atoms with E-state index in [4.69, 9.17) is 0 Å². The molecule has 8 nitrogen and oxygen atoms in total. The number of rotatable bonds is 5. The van der Waals surface area contributed by atoms with Crippen molar-refractivity contribution in [1.29, 1.82) is 0 Å². The molecule has 2 saturated heterocycles. The summed E-state index contributed by atoms with van der Waals surface area (Å²) in [5, 5.41) is 1.13. The van der Waals surface area contributed by atoms with Gasteiger partial charge in [-0.05, 0) is 30.5 Å². The van der Waals surface area contributed by atoms with Gasteiger partial charge in [-0.15, -0.1) is 0 Å². The molecule has 0 unspecified atom stereocenters. The van der Waals surface area contributed by atoms with E-state index in [9.17, 15) is 13.2 Å². The Bertz CT molecular complexity index is 1280. The zero-order valence-electron chi connectivity index (χ0n) is 19.6. The molecular formula is C25H31N5O3S. The van der Waals surface area contributed by atoms with Crippen molar-refractivity contribution < 1.29 is 13.2 Å². The molecule has 2 fully saturated rings. The normalized spacial score (nSPS) is 18.4. The molecule has 1 aromatic carbocycles. The number of benzene rings is 1. The number of carbonyl (C=O) groups excluding carboxylic acids is 1. The summed E-state index contributed by atoms with van der Waals surface area (Å²) in [5.41, 5.74) is 2.63. The van der Waals surface area contributed by atoms with Crippen molar-refractivity contribution >= 4 is 26.8 Å². The van der Waals surface area contributed by atoms with Crippen LogP contribution in [-0.4, -0.2) is 77.2 Å². The number of aromatic nitrogens is 2. The summed E-state index contributed by atoms with van der Waals surface area (Å²) in [6.45, 7) is 4.63. The fraction of sp³-hybridized carbons (Fsp3) is 0.440. The monoisotopic (exact) mass is 481 g/mol. The van der Waals surface area contributed by atoms with Crippen LogP contribution in [-0.2, 0) is 23.6 Å². The van der Waals surface area contributed by atoms with Gasteiger partial charge in [0.25, 0.3) is 5.91 Å². The first kappa shape index (κ1) is 23.0. The lowest BCUT2D eigenvalue weighted by Gasteiger charge is -2.34. The van der Waals surface area contributed by atoms with Gasteiger partial charge in [0.05, 0.1) is 5.52 Å². The number of fused-ring (bicyclic) bond motifs is 1. The predicted molar refractivity (Wildman–Crippen MR) is 131 cm³/mol. The van der Waals surface area contributed by atoms with Crippen LogP contribution in [0.5, 0.6) is 0 Å². The van der Waals surface area contributed by atoms with Crippen LogP contribution >= 0.6 is 0 Å². The highest BCUT2D eigenvalue weighted by molar-refractivity contribution is 7.89. The minimum absolute atomic E-state index is 0.117. The summed E-state index contributed by atoms with van der Waals surface area (Å²) in [6.07, 6.45) is 6.23. The lowest BCUT2D eigenvalue weighted by molar-refractivity contribution is 0.0619. The molecule has 0 saturated carbocycles. The molecule has 0 bridgehead atoms. The Morgan fingerprint density at radius 3 is 2.47 bits per heavy atom. The smallest absolute Gasteiger partial charge is 0.270 e. The molecule has 9 heteroatoms. The van der Waals surface area contributed by atoms with Crippen molar-refractivity contribution in [2.45, 2.75) is 30.7 Å². The van der Waals surface area contributed by atoms with E-state index in [1.807, 2.05) is 17.2 Å². The standard InChI is InChI=1S/C25H31N5O3S/c1-27-19-22(34(32,33)30-11-3-2-4-12-30)17-23(27)25(31)29-15-13-28(14-16-29)18-21-8-5-7-20-9-6-10-26-24(20)21/h5-10,17,19H,2-4,11-16,18H2,1H3. The molecule has 1 amide bonds. The summed E-state index contributed by atoms with van der Waals surface area (Å²) in [4.78, 5) is 22.2. The van der Waals surface area contributed by atoms with Crippen LogP contribution in [0.1, 0.15) is 35.3 Å². The van der Waals surface area contributed by atoms with Gasteiger partial charge in [0.2, 0.25) is 10.0 Å². The third-order valence-corrected chi connectivity index (χ3v) is 8.79. The largest absolute Gasteiger partial charge is 0.345 e. The second-order valence-corrected chi connectivity index (χ2v) is 11.1. The number of piperidine rings is 1. The van der Waals surface area contributed by atoms with Crippen molar-refractivity contribution in [3.05, 3.63) is 60.0 Å². The number of nitrogens with zero attached hydrogens (tertiary/aromatic N) is 5. The average molecular weight is 482 g/mol. The van der Waals surface area contributed by atoms with Crippen molar-refractivity contribution in [2.75, 3.05) is 39.3 Å². The zero-order valence-corrected chi connectivity index (χ0v) is 20.4. The number of amides is 1. The molecule has 180 valence electrons. The summed E-state index contributed by atoms with van der Waals surface area (Å²) < 4.78 is 29.3. The molecule has 0 atom stereocenters. The first-order valence-corrected chi connectivity index (χ1v) is 13.4. The number of hydrogen-bond donors (Lipinski definition) is 0. The third kappa shape index (κ3) is 4.47. The SMILES string of the molecule is Cn1cc(S(=O)(=O)N2CCCCC2)cc1C(=O)N1CCN(Cc2cccc3cccnc23)CC1. The van der Waals surface area contributed by atoms with Gasteiger partial charge < -0.3 is 9.47 Å². The molecule has 2 aliphatic rings. The summed E-state index contributed by atoms with van der Waals surface area (Å²) in [7, 11) is -1.82. The van der Waals surface area contributed by atoms with Crippen molar-refractivity contribution in [3.8, 4) is 0 Å². The fourth-order valence-electron chi connectivity index (χ4n) is 4.95. The van der Waals surface area contributed by atoms with Gasteiger partial charge in [0, 0.05) is 70.6 Å². The summed E-state index contributed by atoms with van der Waals surface area (Å²) >= 11 is 0. The minimum atomic E-state index is -3.56. The van der Waals surface area contributed by atoms with E-state index in [0.29, 0.717) is 31.9 Å². The quantitative estimate of drug-likeness (QED) is 0.560. The Kier molecular flexibility index (Phi) is 6.42. The molecule has 2 aromatic heterocycles. The van der Waals surface area contributed by atoms with Gasteiger partial charge in [-0.1, -0.05) is 30.7 Å². The second kappa shape index (κ2) is 9.48. The maximum atomic E-state index is 13.2. The van der Waals surface area contributed by atoms with E-state index in [0.717, 1.165) is 49.8 Å². The number of piperazine rings is 1. The van der Waals surface area contributed by atoms with Gasteiger partial charge in [0.15, 0.2) is 0 Å². The number of para-hydroxylation sites is 1. The molecule has 0 radical (unpaired) electrons. The van der Waals surface area contributed by atoms with Gasteiger partial charge in [0.1, 0.15) is 10.6 Å². The maximum absolute atomic E-state index is 13.2. The van der Waals surface area contributed by atoms with Crippen LogP contribution in [0.2, 0.25) is 0 Å². The van der Waals surface area contributed by atoms with Gasteiger partial charge in [-0.25, -0.2) is 8.42 Å². The Morgan fingerprint density at radius 1 is 0.971 bits per heavy atom. The summed E-state index contributed by atoms with van der Waals surface area (Å²) in [6, 6.07) is 11.8. The Labute approximate surface area is 200 Å². The van der Waals surface area contributed by atoms with E-state index in [1.165, 1.54) is 5.56 Å². The van der Waals surface area contributed by atoms with E-state index in [-0.39, 0.29) is 10.8 Å². The first-order chi connectivity index (χ1) is 16.4. The van der Waals surface area contributed by atoms with Crippen LogP contribution in [0.15, 0.2) is 53.7 Å². The van der Waals surface area contributed by atoms with E-state index >= 15 is 0 Å². The number of aryl methyl sites for hydroxylation is 1. The third-order valence-electron chi connectivity index (χ3n) is 6.92. The van der Waals surface area contributed by atoms with Crippen molar-refractivity contribution in [1.82, 2.24) is 23.7 Å². The summed E-state index contributed by atoms with van der Waals surface area (Å²) in [5.74, 6) is -0.117. The van der Waals surface area contributed by atoms with Crippen LogP contribution in [0, 0.1) is 0 Å². The van der Waals surface area contributed by atoms with Crippen LogP contribution in [0.3, 0.4) is 0 Å². The number of sulfonamides is 1. The molecule has 3 aromatic rings. The van der Waals surface area contributed by atoms with Gasteiger partial charge >= 0.3 is 0 Å². The molecule has 4 heterocycles. The molecule has 34 heavy (non-hydrogen) atoms. The zero-order chi connectivity index (χ0) is 23.7. The molecule has 0 spiro atoms.